The number of aromatic nitrogens is 2. The van der Waals surface area contributed by atoms with Gasteiger partial charge in [0.1, 0.15) is 0 Å². The number of amides is 1. The predicted molar refractivity (Wildman–Crippen MR) is 182 cm³/mol. The van der Waals surface area contributed by atoms with E-state index < -0.39 is 23.5 Å². The van der Waals surface area contributed by atoms with Gasteiger partial charge >= 0.3 is 18.3 Å². The minimum atomic E-state index is -4.98. The second-order valence-electron chi connectivity index (χ2n) is 14.1. The highest BCUT2D eigenvalue weighted by molar-refractivity contribution is 5.80. The second kappa shape index (κ2) is 17.0. The molecule has 5 rings (SSSR count). The monoisotopic (exact) mass is 741 g/mol. The van der Waals surface area contributed by atoms with Crippen LogP contribution in [0.5, 0.6) is 0 Å². The molecule has 3 fully saturated rings. The number of ether oxygens (including phenoxy) is 2. The molecule has 288 valence electrons. The summed E-state index contributed by atoms with van der Waals surface area (Å²) in [5.41, 5.74) is -2.19. The number of morpholine rings is 1. The number of piperidine rings is 1. The number of alkyl halides is 6. The maximum atomic E-state index is 14.2. The fraction of sp³-hybridized carbons (Fsp3) is 0.676. The van der Waals surface area contributed by atoms with Crippen molar-refractivity contribution in [1.29, 1.82) is 0 Å². The van der Waals surface area contributed by atoms with Gasteiger partial charge in [-0.3, -0.25) is 9.59 Å². The normalized spacial score (nSPS) is 24.4. The summed E-state index contributed by atoms with van der Waals surface area (Å²) < 4.78 is 93.8. The molecule has 2 saturated heterocycles. The summed E-state index contributed by atoms with van der Waals surface area (Å²) in [4.78, 5) is 41.2. The summed E-state index contributed by atoms with van der Waals surface area (Å²) >= 11 is 0. The molecule has 1 aliphatic carbocycles. The van der Waals surface area contributed by atoms with Gasteiger partial charge in [0.25, 0.3) is 0 Å². The zero-order valence-corrected chi connectivity index (χ0v) is 30.0. The van der Waals surface area contributed by atoms with Gasteiger partial charge in [-0.05, 0) is 88.0 Å². The zero-order valence-electron chi connectivity index (χ0n) is 30.0. The SMILES string of the molecule is CCOC(=O)C[C@H]1CC[C@H](C(=O)N2[C@H](CC)C[C@H](N(Cc3cc(C(F)(F)F)cc(C(F)(F)F)c3)c3ncc(N4CCOCC4)cn3)C[C@@H]2CC)CC1. The summed E-state index contributed by atoms with van der Waals surface area (Å²) in [6, 6.07) is 0.853. The number of carbonyl (C=O) groups excluding carboxylic acids is 2. The van der Waals surface area contributed by atoms with Crippen LogP contribution in [0.4, 0.5) is 38.0 Å². The van der Waals surface area contributed by atoms with Gasteiger partial charge in [0.15, 0.2) is 0 Å². The minimum absolute atomic E-state index is 0.0668. The number of hydrogen-bond acceptors (Lipinski definition) is 8. The summed E-state index contributed by atoms with van der Waals surface area (Å²) in [5, 5.41) is 0. The molecular formula is C37H49F6N5O4. The third-order valence-corrected chi connectivity index (χ3v) is 10.7. The third-order valence-electron chi connectivity index (χ3n) is 10.7. The molecule has 15 heteroatoms. The van der Waals surface area contributed by atoms with E-state index in [0.717, 1.165) is 30.7 Å². The second-order valence-corrected chi connectivity index (χ2v) is 14.1. The lowest BCUT2D eigenvalue weighted by molar-refractivity contribution is -0.146. The Hall–Kier alpha value is -3.62. The number of carbonyl (C=O) groups is 2. The van der Waals surface area contributed by atoms with E-state index in [0.29, 0.717) is 77.9 Å². The lowest BCUT2D eigenvalue weighted by atomic mass is 9.78. The number of rotatable bonds is 11. The number of halogens is 6. The van der Waals surface area contributed by atoms with Crippen LogP contribution in [0.2, 0.25) is 0 Å². The first kappa shape index (κ1) is 39.6. The first-order valence-electron chi connectivity index (χ1n) is 18.4. The number of anilines is 2. The van der Waals surface area contributed by atoms with Gasteiger partial charge in [-0.2, -0.15) is 26.3 Å². The van der Waals surface area contributed by atoms with Crippen molar-refractivity contribution >= 4 is 23.5 Å². The topological polar surface area (TPSA) is 88.1 Å². The molecule has 0 bridgehead atoms. The summed E-state index contributed by atoms with van der Waals surface area (Å²) in [7, 11) is 0. The standard InChI is InChI=1S/C37H49F6N5O4/c1-4-29-19-31(20-30(5-2)48(29)34(50)26-9-7-24(8-10-26)17-33(49)52-6-3)47(35-44-21-32(22-45-35)46-11-13-51-14-12-46)23-25-15-27(36(38,39)40)18-28(16-25)37(41,42)43/h15-16,18,21-22,24,26,29-31H,4-14,17,19-20,23H2,1-3H3/t24-,26-,29-,30+,31+. The van der Waals surface area contributed by atoms with Crippen LogP contribution in [0.15, 0.2) is 30.6 Å². The van der Waals surface area contributed by atoms with Crippen molar-refractivity contribution in [2.75, 3.05) is 42.7 Å². The zero-order chi connectivity index (χ0) is 37.6. The highest BCUT2D eigenvalue weighted by Crippen LogP contribution is 2.40. The molecule has 3 heterocycles. The first-order valence-corrected chi connectivity index (χ1v) is 18.4. The smallest absolute Gasteiger partial charge is 0.416 e. The number of nitrogens with zero attached hydrogens (tertiary/aromatic N) is 5. The van der Waals surface area contributed by atoms with Crippen molar-refractivity contribution in [3.05, 3.63) is 47.3 Å². The molecule has 1 aromatic carbocycles. The molecule has 3 atom stereocenters. The molecule has 9 nitrogen and oxygen atoms in total. The van der Waals surface area contributed by atoms with Crippen molar-refractivity contribution in [1.82, 2.24) is 14.9 Å². The molecule has 0 spiro atoms. The lowest BCUT2D eigenvalue weighted by Crippen LogP contribution is -2.58. The van der Waals surface area contributed by atoms with Gasteiger partial charge in [-0.1, -0.05) is 13.8 Å². The van der Waals surface area contributed by atoms with Crippen LogP contribution in [0, 0.1) is 11.8 Å². The van der Waals surface area contributed by atoms with Crippen molar-refractivity contribution in [3.63, 3.8) is 0 Å². The van der Waals surface area contributed by atoms with Crippen LogP contribution < -0.4 is 9.80 Å². The Bertz CT molecular complexity index is 1450. The van der Waals surface area contributed by atoms with Crippen LogP contribution in [-0.4, -0.2) is 77.8 Å². The Morgan fingerprint density at radius 3 is 1.92 bits per heavy atom. The first-order chi connectivity index (χ1) is 24.7. The van der Waals surface area contributed by atoms with E-state index in [2.05, 4.69) is 14.9 Å². The molecule has 3 aliphatic rings. The van der Waals surface area contributed by atoms with Gasteiger partial charge in [-0.25, -0.2) is 9.97 Å². The average Bonchev–Trinajstić information content (AvgIpc) is 3.13. The van der Waals surface area contributed by atoms with Crippen molar-refractivity contribution in [2.24, 2.45) is 11.8 Å². The molecule has 0 N–H and O–H groups in total. The largest absolute Gasteiger partial charge is 0.466 e. The van der Waals surface area contributed by atoms with E-state index in [1.54, 1.807) is 24.2 Å². The maximum absolute atomic E-state index is 14.2. The Labute approximate surface area is 301 Å². The van der Waals surface area contributed by atoms with E-state index in [1.165, 1.54) is 0 Å². The number of benzene rings is 1. The Balaban J connectivity index is 1.42. The van der Waals surface area contributed by atoms with Gasteiger partial charge in [-0.15, -0.1) is 0 Å². The highest BCUT2D eigenvalue weighted by Gasteiger charge is 2.43. The molecule has 2 aromatic rings. The average molecular weight is 742 g/mol. The van der Waals surface area contributed by atoms with Crippen LogP contribution in [0.3, 0.4) is 0 Å². The minimum Gasteiger partial charge on any atom is -0.466 e. The fourth-order valence-electron chi connectivity index (χ4n) is 7.99. The van der Waals surface area contributed by atoms with Crippen LogP contribution in [0.1, 0.15) is 95.2 Å². The van der Waals surface area contributed by atoms with Crippen LogP contribution >= 0.6 is 0 Å². The van der Waals surface area contributed by atoms with Gasteiger partial charge in [0, 0.05) is 50.1 Å². The number of hydrogen-bond donors (Lipinski definition) is 0. The Kier molecular flexibility index (Phi) is 13.0. The maximum Gasteiger partial charge on any atom is 0.416 e. The van der Waals surface area contributed by atoms with E-state index >= 15 is 0 Å². The van der Waals surface area contributed by atoms with E-state index in [1.807, 2.05) is 18.7 Å². The lowest BCUT2D eigenvalue weighted by Gasteiger charge is -2.49. The molecule has 1 aromatic heterocycles. The van der Waals surface area contributed by atoms with E-state index in [4.69, 9.17) is 9.47 Å². The quantitative estimate of drug-likeness (QED) is 0.172. The summed E-state index contributed by atoms with van der Waals surface area (Å²) in [6.07, 6.45) is -1.42. The third kappa shape index (κ3) is 9.67. The van der Waals surface area contributed by atoms with Gasteiger partial charge in [0.05, 0.1) is 49.0 Å². The Morgan fingerprint density at radius 1 is 0.865 bits per heavy atom. The van der Waals surface area contributed by atoms with Crippen LogP contribution in [0.25, 0.3) is 0 Å². The predicted octanol–water partition coefficient (Wildman–Crippen LogP) is 7.67. The van der Waals surface area contributed by atoms with Crippen molar-refractivity contribution < 1.29 is 45.4 Å². The Morgan fingerprint density at radius 2 is 1.42 bits per heavy atom. The molecular weight excluding hydrogens is 692 g/mol. The molecule has 52 heavy (non-hydrogen) atoms. The summed E-state index contributed by atoms with van der Waals surface area (Å²) in [6.45, 7) is 8.11. The number of likely N-dealkylation sites (tertiary alicyclic amines) is 1. The molecule has 1 amide bonds. The van der Waals surface area contributed by atoms with E-state index in [9.17, 15) is 35.9 Å². The molecule has 2 aliphatic heterocycles. The van der Waals surface area contributed by atoms with Gasteiger partial charge in [0.2, 0.25) is 11.9 Å². The molecule has 1 saturated carbocycles. The van der Waals surface area contributed by atoms with E-state index in [-0.39, 0.29) is 66.0 Å². The highest BCUT2D eigenvalue weighted by atomic mass is 19.4. The fourth-order valence-corrected chi connectivity index (χ4v) is 7.99. The number of esters is 1. The van der Waals surface area contributed by atoms with Crippen molar-refractivity contribution in [3.8, 4) is 0 Å². The van der Waals surface area contributed by atoms with Crippen LogP contribution in [-0.2, 0) is 38.0 Å². The summed E-state index contributed by atoms with van der Waals surface area (Å²) in [5.74, 6) is 0.0285. The molecule has 0 unspecified atom stereocenters. The van der Waals surface area contributed by atoms with Gasteiger partial charge < -0.3 is 24.2 Å². The molecule has 0 radical (unpaired) electrons. The van der Waals surface area contributed by atoms with Crippen molar-refractivity contribution in [2.45, 2.75) is 116 Å².